The molecular weight excluding hydrogens is 431 g/mol. The van der Waals surface area contributed by atoms with Crippen molar-refractivity contribution in [3.8, 4) is 16.9 Å². The highest BCUT2D eigenvalue weighted by molar-refractivity contribution is 5.99. The monoisotopic (exact) mass is 452 g/mol. The Balaban J connectivity index is 1.87. The fraction of sp³-hybridized carbons (Fsp3) is 0.111. The minimum atomic E-state index is -0.483. The number of aryl methyl sites for hydroxylation is 1. The van der Waals surface area contributed by atoms with Gasteiger partial charge in [0.05, 0.1) is 39.7 Å². The van der Waals surface area contributed by atoms with Crippen LogP contribution in [0, 0.1) is 5.82 Å². The van der Waals surface area contributed by atoms with E-state index in [1.54, 1.807) is 13.1 Å². The van der Waals surface area contributed by atoms with Gasteiger partial charge in [0.1, 0.15) is 5.82 Å². The summed E-state index contributed by atoms with van der Waals surface area (Å²) >= 11 is 0. The van der Waals surface area contributed by atoms with Crippen LogP contribution in [0.4, 0.5) is 10.1 Å². The maximum Gasteiger partial charge on any atom is 0.331 e. The van der Waals surface area contributed by atoms with Crippen molar-refractivity contribution in [2.24, 2.45) is 14.1 Å². The predicted molar refractivity (Wildman–Crippen MR) is 131 cm³/mol. The fourth-order valence-corrected chi connectivity index (χ4v) is 5.02. The van der Waals surface area contributed by atoms with Crippen LogP contribution in [-0.4, -0.2) is 13.7 Å². The molecule has 0 bridgehead atoms. The van der Waals surface area contributed by atoms with E-state index in [2.05, 4.69) is 5.32 Å². The number of hydrogen-bond acceptors (Lipinski definition) is 3. The summed E-state index contributed by atoms with van der Waals surface area (Å²) in [5.41, 5.74) is 4.43. The molecule has 0 saturated carbocycles. The van der Waals surface area contributed by atoms with E-state index >= 15 is 0 Å². The topological polar surface area (TPSA) is 61.0 Å². The third-order valence-corrected chi connectivity index (χ3v) is 6.56. The van der Waals surface area contributed by atoms with Gasteiger partial charge in [-0.25, -0.2) is 9.18 Å². The smallest absolute Gasteiger partial charge is 0.331 e. The molecule has 34 heavy (non-hydrogen) atoms. The summed E-state index contributed by atoms with van der Waals surface area (Å²) in [6, 6.07) is 23.4. The molecule has 0 spiro atoms. The van der Waals surface area contributed by atoms with Crippen molar-refractivity contribution in [3.63, 3.8) is 0 Å². The van der Waals surface area contributed by atoms with Gasteiger partial charge in [0.15, 0.2) is 0 Å². The Labute approximate surface area is 194 Å². The first kappa shape index (κ1) is 20.2. The molecule has 0 radical (unpaired) electrons. The summed E-state index contributed by atoms with van der Waals surface area (Å²) in [5.74, 6) is -0.353. The zero-order valence-electron chi connectivity index (χ0n) is 18.6. The number of benzene rings is 3. The van der Waals surface area contributed by atoms with Crippen molar-refractivity contribution in [3.05, 3.63) is 117 Å². The normalized spacial score (nSPS) is 14.5. The second-order valence-corrected chi connectivity index (χ2v) is 8.51. The largest absolute Gasteiger partial charge is 0.371 e. The van der Waals surface area contributed by atoms with E-state index in [0.29, 0.717) is 22.2 Å². The van der Waals surface area contributed by atoms with E-state index in [-0.39, 0.29) is 11.4 Å². The molecule has 6 nitrogen and oxygen atoms in total. The lowest BCUT2D eigenvalue weighted by molar-refractivity contribution is 0.623. The van der Waals surface area contributed by atoms with Crippen molar-refractivity contribution in [1.29, 1.82) is 0 Å². The standard InChI is InChI=1S/C27H21FN4O2/c1-30-24-21(26(33)31(2)27(30)34)23(16-9-4-3-5-10-16)32-20-14-7-6-13-19(20)29-22(25(24)32)17-11-8-12-18(28)15-17/h3-15,22,29H,1-2H3. The third-order valence-electron chi connectivity index (χ3n) is 6.56. The molecule has 5 aromatic rings. The van der Waals surface area contributed by atoms with Crippen molar-refractivity contribution < 1.29 is 4.39 Å². The predicted octanol–water partition coefficient (Wildman–Crippen LogP) is 4.35. The lowest BCUT2D eigenvalue weighted by Gasteiger charge is -2.31. The van der Waals surface area contributed by atoms with Crippen LogP contribution >= 0.6 is 0 Å². The summed E-state index contributed by atoms with van der Waals surface area (Å²) in [4.78, 5) is 26.6. The maximum absolute atomic E-state index is 14.3. The highest BCUT2D eigenvalue weighted by Crippen LogP contribution is 2.45. The summed E-state index contributed by atoms with van der Waals surface area (Å²) in [5, 5.41) is 3.97. The molecule has 0 fully saturated rings. The second-order valence-electron chi connectivity index (χ2n) is 8.51. The van der Waals surface area contributed by atoms with Crippen LogP contribution in [0.15, 0.2) is 88.5 Å². The molecule has 7 heteroatoms. The Morgan fingerprint density at radius 1 is 0.853 bits per heavy atom. The summed E-state index contributed by atoms with van der Waals surface area (Å²) in [6.07, 6.45) is 0. The fourth-order valence-electron chi connectivity index (χ4n) is 5.02. The molecule has 0 amide bonds. The number of nitrogens with zero attached hydrogens (tertiary/aromatic N) is 3. The Hall–Kier alpha value is -4.39. The SMILES string of the molecule is Cn1c(=O)c2c(-c3ccccc3)n3c(c2n(C)c1=O)C(c1cccc(F)c1)Nc1ccccc1-3. The molecule has 1 atom stereocenters. The number of aromatic nitrogens is 3. The van der Waals surface area contributed by atoms with E-state index in [4.69, 9.17) is 0 Å². The van der Waals surface area contributed by atoms with E-state index in [0.717, 1.165) is 27.2 Å². The Morgan fingerprint density at radius 3 is 2.35 bits per heavy atom. The maximum atomic E-state index is 14.3. The number of hydrogen-bond donors (Lipinski definition) is 1. The first-order valence-corrected chi connectivity index (χ1v) is 11.0. The minimum absolute atomic E-state index is 0.353. The molecule has 3 aromatic carbocycles. The molecule has 1 unspecified atom stereocenters. The van der Waals surface area contributed by atoms with Gasteiger partial charge in [-0.15, -0.1) is 0 Å². The van der Waals surface area contributed by atoms with Crippen LogP contribution in [0.1, 0.15) is 17.3 Å². The zero-order valence-corrected chi connectivity index (χ0v) is 18.6. The number of para-hydroxylation sites is 2. The molecule has 6 rings (SSSR count). The van der Waals surface area contributed by atoms with Gasteiger partial charge in [0.25, 0.3) is 5.56 Å². The molecular formula is C27H21FN4O2. The lowest BCUT2D eigenvalue weighted by Crippen LogP contribution is -2.37. The lowest BCUT2D eigenvalue weighted by atomic mass is 9.99. The number of rotatable bonds is 2. The third kappa shape index (κ3) is 2.73. The van der Waals surface area contributed by atoms with Gasteiger partial charge < -0.3 is 9.88 Å². The highest BCUT2D eigenvalue weighted by atomic mass is 19.1. The van der Waals surface area contributed by atoms with Crippen LogP contribution in [0.2, 0.25) is 0 Å². The molecule has 0 aliphatic carbocycles. The molecule has 1 N–H and O–H groups in total. The molecule has 2 aromatic heterocycles. The van der Waals surface area contributed by atoms with Crippen molar-refractivity contribution in [1.82, 2.24) is 13.7 Å². The van der Waals surface area contributed by atoms with E-state index in [1.807, 2.05) is 65.2 Å². The first-order chi connectivity index (χ1) is 16.5. The van der Waals surface area contributed by atoms with Gasteiger partial charge in [0.2, 0.25) is 0 Å². The average Bonchev–Trinajstić information content (AvgIpc) is 3.23. The average molecular weight is 452 g/mol. The Kier molecular flexibility index (Phi) is 4.35. The van der Waals surface area contributed by atoms with Crippen LogP contribution in [-0.2, 0) is 14.1 Å². The number of nitrogens with one attached hydrogen (secondary N) is 1. The van der Waals surface area contributed by atoms with Crippen molar-refractivity contribution >= 4 is 16.6 Å². The molecule has 1 aliphatic rings. The molecule has 0 saturated heterocycles. The van der Waals surface area contributed by atoms with Gasteiger partial charge in [-0.1, -0.05) is 54.6 Å². The Morgan fingerprint density at radius 2 is 1.59 bits per heavy atom. The van der Waals surface area contributed by atoms with Crippen LogP contribution in [0.5, 0.6) is 0 Å². The van der Waals surface area contributed by atoms with Crippen LogP contribution < -0.4 is 16.6 Å². The molecule has 1 aliphatic heterocycles. The van der Waals surface area contributed by atoms with Gasteiger partial charge in [-0.3, -0.25) is 13.9 Å². The van der Waals surface area contributed by atoms with E-state index in [1.165, 1.54) is 23.7 Å². The number of anilines is 1. The Bertz CT molecular complexity index is 1710. The van der Waals surface area contributed by atoms with Gasteiger partial charge in [-0.2, -0.15) is 0 Å². The van der Waals surface area contributed by atoms with Gasteiger partial charge >= 0.3 is 5.69 Å². The number of fused-ring (bicyclic) bond motifs is 5. The van der Waals surface area contributed by atoms with Gasteiger partial charge in [0, 0.05) is 14.1 Å². The van der Waals surface area contributed by atoms with Crippen LogP contribution in [0.25, 0.3) is 27.8 Å². The second kappa shape index (κ2) is 7.31. The van der Waals surface area contributed by atoms with Gasteiger partial charge in [-0.05, 0) is 35.4 Å². The quantitative estimate of drug-likeness (QED) is 0.433. The molecule has 3 heterocycles. The number of halogens is 1. The highest BCUT2D eigenvalue weighted by Gasteiger charge is 2.34. The first-order valence-electron chi connectivity index (χ1n) is 11.0. The van der Waals surface area contributed by atoms with E-state index < -0.39 is 11.7 Å². The zero-order chi connectivity index (χ0) is 23.6. The minimum Gasteiger partial charge on any atom is -0.371 e. The summed E-state index contributed by atoms with van der Waals surface area (Å²) in [6.45, 7) is 0. The van der Waals surface area contributed by atoms with Crippen LogP contribution in [0.3, 0.4) is 0 Å². The van der Waals surface area contributed by atoms with Crippen molar-refractivity contribution in [2.45, 2.75) is 6.04 Å². The van der Waals surface area contributed by atoms with E-state index in [9.17, 15) is 14.0 Å². The summed E-state index contributed by atoms with van der Waals surface area (Å²) in [7, 11) is 3.16. The summed E-state index contributed by atoms with van der Waals surface area (Å²) < 4.78 is 19.0. The molecule has 168 valence electrons. The van der Waals surface area contributed by atoms with Crippen molar-refractivity contribution in [2.75, 3.05) is 5.32 Å².